The van der Waals surface area contributed by atoms with E-state index in [9.17, 15) is 8.78 Å². The predicted molar refractivity (Wildman–Crippen MR) is 53.2 cm³/mol. The summed E-state index contributed by atoms with van der Waals surface area (Å²) in [6.45, 7) is 0.273. The molecule has 3 nitrogen and oxygen atoms in total. The topological polar surface area (TPSA) is 51.8 Å². The fourth-order valence-electron chi connectivity index (χ4n) is 1.13. The molecule has 2 N–H and O–H groups in total. The van der Waals surface area contributed by atoms with E-state index >= 15 is 0 Å². The summed E-state index contributed by atoms with van der Waals surface area (Å²) in [6.07, 6.45) is 0. The molecule has 0 bridgehead atoms. The summed E-state index contributed by atoms with van der Waals surface area (Å²) in [7, 11) is 0. The lowest BCUT2D eigenvalue weighted by atomic mass is 10.2. The van der Waals surface area contributed by atoms with Gasteiger partial charge in [0.05, 0.1) is 0 Å². The maximum Gasteiger partial charge on any atom is 0.148 e. The van der Waals surface area contributed by atoms with Crippen LogP contribution in [0.3, 0.4) is 0 Å². The summed E-state index contributed by atoms with van der Waals surface area (Å²) in [5.41, 5.74) is 5.74. The van der Waals surface area contributed by atoms with E-state index in [4.69, 9.17) is 5.73 Å². The number of halogens is 2. The second kappa shape index (κ2) is 4.00. The van der Waals surface area contributed by atoms with Crippen molar-refractivity contribution in [2.45, 2.75) is 6.54 Å². The van der Waals surface area contributed by atoms with Crippen molar-refractivity contribution in [2.24, 2.45) is 5.73 Å². The highest BCUT2D eigenvalue weighted by Gasteiger charge is 2.08. The highest BCUT2D eigenvalue weighted by Crippen LogP contribution is 2.24. The minimum absolute atomic E-state index is 0.273. The first kappa shape index (κ1) is 10.1. The second-order valence-electron chi connectivity index (χ2n) is 2.86. The largest absolute Gasteiger partial charge is 0.324 e. The molecule has 1 heterocycles. The Bertz CT molecular complexity index is 464. The Kier molecular flexibility index (Phi) is 2.70. The molecule has 0 aliphatic heterocycles. The fraction of sp³-hybridized carbons (Fsp3) is 0.111. The van der Waals surface area contributed by atoms with Gasteiger partial charge in [0.25, 0.3) is 0 Å². The van der Waals surface area contributed by atoms with Crippen molar-refractivity contribution in [1.82, 2.24) is 10.2 Å². The van der Waals surface area contributed by atoms with Crippen LogP contribution in [0.15, 0.2) is 18.2 Å². The minimum atomic E-state index is -0.630. The summed E-state index contributed by atoms with van der Waals surface area (Å²) >= 11 is 1.22. The quantitative estimate of drug-likeness (QED) is 0.853. The van der Waals surface area contributed by atoms with Crippen LogP contribution in [0, 0.1) is 11.6 Å². The molecule has 2 aromatic rings. The molecule has 0 amide bonds. The number of aromatic nitrogens is 2. The summed E-state index contributed by atoms with van der Waals surface area (Å²) in [6, 6.07) is 3.24. The first-order valence-corrected chi connectivity index (χ1v) is 4.99. The zero-order chi connectivity index (χ0) is 10.8. The lowest BCUT2D eigenvalue weighted by molar-refractivity contribution is 0.584. The molecule has 0 spiro atoms. The molecule has 78 valence electrons. The molecule has 0 fully saturated rings. The molecule has 0 atom stereocenters. The van der Waals surface area contributed by atoms with Gasteiger partial charge in [-0.3, -0.25) is 0 Å². The Labute approximate surface area is 88.6 Å². The Morgan fingerprint density at radius 1 is 1.13 bits per heavy atom. The zero-order valence-electron chi connectivity index (χ0n) is 7.58. The molecule has 0 saturated carbocycles. The zero-order valence-corrected chi connectivity index (χ0v) is 8.39. The van der Waals surface area contributed by atoms with Crippen molar-refractivity contribution in [3.05, 3.63) is 34.8 Å². The van der Waals surface area contributed by atoms with E-state index in [-0.39, 0.29) is 6.54 Å². The standard InChI is InChI=1S/C9H7F2N3S/c10-6-1-5(2-7(11)3-6)9-14-13-8(4-12)15-9/h1-3H,4,12H2. The van der Waals surface area contributed by atoms with Crippen molar-refractivity contribution in [3.63, 3.8) is 0 Å². The van der Waals surface area contributed by atoms with Crippen LogP contribution in [0.1, 0.15) is 5.01 Å². The summed E-state index contributed by atoms with van der Waals surface area (Å²) < 4.78 is 25.8. The van der Waals surface area contributed by atoms with Crippen molar-refractivity contribution >= 4 is 11.3 Å². The van der Waals surface area contributed by atoms with Gasteiger partial charge in [0.2, 0.25) is 0 Å². The number of rotatable bonds is 2. The third kappa shape index (κ3) is 2.16. The molecule has 0 saturated heterocycles. The third-order valence-electron chi connectivity index (χ3n) is 1.75. The maximum atomic E-state index is 12.9. The van der Waals surface area contributed by atoms with Crippen LogP contribution in [0.25, 0.3) is 10.6 Å². The summed E-state index contributed by atoms with van der Waals surface area (Å²) in [5, 5.41) is 8.66. The van der Waals surface area contributed by atoms with Crippen LogP contribution < -0.4 is 5.73 Å². The van der Waals surface area contributed by atoms with E-state index in [0.717, 1.165) is 6.07 Å². The summed E-state index contributed by atoms with van der Waals surface area (Å²) in [5.74, 6) is -1.26. The van der Waals surface area contributed by atoms with Crippen molar-refractivity contribution in [1.29, 1.82) is 0 Å². The predicted octanol–water partition coefficient (Wildman–Crippen LogP) is 1.94. The minimum Gasteiger partial charge on any atom is -0.324 e. The Balaban J connectivity index is 2.44. The molecule has 0 unspecified atom stereocenters. The van der Waals surface area contributed by atoms with Gasteiger partial charge < -0.3 is 5.73 Å². The van der Waals surface area contributed by atoms with Gasteiger partial charge in [0, 0.05) is 18.2 Å². The van der Waals surface area contributed by atoms with E-state index in [1.54, 1.807) is 0 Å². The van der Waals surface area contributed by atoms with Crippen LogP contribution in [0.2, 0.25) is 0 Å². The Morgan fingerprint density at radius 2 is 1.80 bits per heavy atom. The first-order chi connectivity index (χ1) is 7.19. The average Bonchev–Trinajstić information content (AvgIpc) is 2.64. The van der Waals surface area contributed by atoms with E-state index in [1.807, 2.05) is 0 Å². The average molecular weight is 227 g/mol. The molecule has 15 heavy (non-hydrogen) atoms. The van der Waals surface area contributed by atoms with Crippen LogP contribution in [0.4, 0.5) is 8.78 Å². The van der Waals surface area contributed by atoms with Crippen molar-refractivity contribution in [3.8, 4) is 10.6 Å². The molecule has 0 aliphatic rings. The first-order valence-electron chi connectivity index (χ1n) is 4.18. The number of nitrogens with two attached hydrogens (primary N) is 1. The van der Waals surface area contributed by atoms with Crippen LogP contribution in [0.5, 0.6) is 0 Å². The van der Waals surface area contributed by atoms with Gasteiger partial charge in [-0.1, -0.05) is 11.3 Å². The molecule has 6 heteroatoms. The highest BCUT2D eigenvalue weighted by molar-refractivity contribution is 7.14. The van der Waals surface area contributed by atoms with Crippen molar-refractivity contribution < 1.29 is 8.78 Å². The van der Waals surface area contributed by atoms with E-state index in [2.05, 4.69) is 10.2 Å². The van der Waals surface area contributed by atoms with E-state index in [1.165, 1.54) is 23.5 Å². The smallest absolute Gasteiger partial charge is 0.148 e. The number of hydrogen-bond acceptors (Lipinski definition) is 4. The second-order valence-corrected chi connectivity index (χ2v) is 3.93. The summed E-state index contributed by atoms with van der Waals surface area (Å²) in [4.78, 5) is 0. The van der Waals surface area contributed by atoms with Crippen LogP contribution >= 0.6 is 11.3 Å². The Morgan fingerprint density at radius 3 is 2.33 bits per heavy atom. The monoisotopic (exact) mass is 227 g/mol. The fourth-order valence-corrected chi connectivity index (χ4v) is 1.84. The number of nitrogens with zero attached hydrogens (tertiary/aromatic N) is 2. The molecule has 1 aromatic heterocycles. The van der Waals surface area contributed by atoms with Gasteiger partial charge in [-0.15, -0.1) is 10.2 Å². The maximum absolute atomic E-state index is 12.9. The molecular formula is C9H7F2N3S. The number of hydrogen-bond donors (Lipinski definition) is 1. The molecule has 0 radical (unpaired) electrons. The van der Waals surface area contributed by atoms with Crippen LogP contribution in [-0.2, 0) is 6.54 Å². The highest BCUT2D eigenvalue weighted by atomic mass is 32.1. The number of benzene rings is 1. The van der Waals surface area contributed by atoms with Gasteiger partial charge in [0.15, 0.2) is 0 Å². The van der Waals surface area contributed by atoms with Gasteiger partial charge in [0.1, 0.15) is 21.6 Å². The SMILES string of the molecule is NCc1nnc(-c2cc(F)cc(F)c2)s1. The normalized spacial score (nSPS) is 10.6. The third-order valence-corrected chi connectivity index (χ3v) is 2.75. The molecule has 0 aliphatic carbocycles. The van der Waals surface area contributed by atoms with Gasteiger partial charge in [-0.2, -0.15) is 0 Å². The van der Waals surface area contributed by atoms with Gasteiger partial charge >= 0.3 is 0 Å². The molecular weight excluding hydrogens is 220 g/mol. The van der Waals surface area contributed by atoms with Crippen molar-refractivity contribution in [2.75, 3.05) is 0 Å². The van der Waals surface area contributed by atoms with Crippen LogP contribution in [-0.4, -0.2) is 10.2 Å². The van der Waals surface area contributed by atoms with Gasteiger partial charge in [-0.25, -0.2) is 8.78 Å². The van der Waals surface area contributed by atoms with E-state index in [0.29, 0.717) is 15.6 Å². The van der Waals surface area contributed by atoms with E-state index < -0.39 is 11.6 Å². The Hall–Kier alpha value is -1.40. The molecule has 1 aromatic carbocycles. The molecule has 2 rings (SSSR count). The lowest BCUT2D eigenvalue weighted by Gasteiger charge is -1.95. The lowest BCUT2D eigenvalue weighted by Crippen LogP contribution is -1.94. The van der Waals surface area contributed by atoms with Gasteiger partial charge in [-0.05, 0) is 12.1 Å².